The molecule has 1 saturated heterocycles. The summed E-state index contributed by atoms with van der Waals surface area (Å²) >= 11 is 0. The number of hydrogen-bond donors (Lipinski definition) is 1. The second-order valence-corrected chi connectivity index (χ2v) is 4.91. The van der Waals surface area contributed by atoms with Crippen molar-refractivity contribution < 1.29 is 4.79 Å². The number of carbonyl (C=O) groups is 1. The summed E-state index contributed by atoms with van der Waals surface area (Å²) in [5.74, 6) is 0.362. The molecule has 1 unspecified atom stereocenters. The number of carbonyl (C=O) groups excluding carboxylic acids is 1. The molecular weight excluding hydrogens is 214 g/mol. The largest absolute Gasteiger partial charge is 0.305 e. The molecule has 1 aliphatic heterocycles. The van der Waals surface area contributed by atoms with E-state index >= 15 is 0 Å². The Morgan fingerprint density at radius 2 is 2.47 bits per heavy atom. The summed E-state index contributed by atoms with van der Waals surface area (Å²) in [6.45, 7) is 3.08. The Balaban J connectivity index is 1.92. The van der Waals surface area contributed by atoms with Gasteiger partial charge in [-0.05, 0) is 37.8 Å². The monoisotopic (exact) mass is 235 g/mol. The molecule has 0 aromatic carbocycles. The fourth-order valence-corrected chi connectivity index (χ4v) is 2.64. The highest BCUT2D eigenvalue weighted by molar-refractivity contribution is 5.88. The first-order chi connectivity index (χ1) is 8.16. The minimum Gasteiger partial charge on any atom is -0.305 e. The van der Waals surface area contributed by atoms with Gasteiger partial charge < -0.3 is 5.32 Å². The minimum absolute atomic E-state index is 0.234. The van der Waals surface area contributed by atoms with Crippen molar-refractivity contribution >= 4 is 5.78 Å². The molecule has 0 spiro atoms. The van der Waals surface area contributed by atoms with Gasteiger partial charge in [-0.2, -0.15) is 5.10 Å². The van der Waals surface area contributed by atoms with Crippen LogP contribution >= 0.6 is 0 Å². The Morgan fingerprint density at radius 1 is 1.65 bits per heavy atom. The van der Waals surface area contributed by atoms with Crippen molar-refractivity contribution in [1.29, 1.82) is 0 Å². The van der Waals surface area contributed by atoms with Crippen LogP contribution in [0.5, 0.6) is 0 Å². The highest BCUT2D eigenvalue weighted by Crippen LogP contribution is 2.25. The Labute approximate surface area is 102 Å². The van der Waals surface area contributed by atoms with E-state index in [9.17, 15) is 4.79 Å². The van der Waals surface area contributed by atoms with E-state index in [-0.39, 0.29) is 5.54 Å². The SMILES string of the molecule is CCC1(C(=O)CCc2cnn(C)c2)CCCN1. The van der Waals surface area contributed by atoms with E-state index in [0.29, 0.717) is 12.2 Å². The second kappa shape index (κ2) is 5.00. The van der Waals surface area contributed by atoms with Crippen molar-refractivity contribution in [2.45, 2.75) is 44.6 Å². The van der Waals surface area contributed by atoms with Crippen LogP contribution in [0.1, 0.15) is 38.2 Å². The lowest BCUT2D eigenvalue weighted by Crippen LogP contribution is -2.47. The van der Waals surface area contributed by atoms with Crippen LogP contribution in [0.2, 0.25) is 0 Å². The average molecular weight is 235 g/mol. The van der Waals surface area contributed by atoms with Gasteiger partial charge in [0.15, 0.2) is 5.78 Å². The quantitative estimate of drug-likeness (QED) is 0.840. The molecule has 0 saturated carbocycles. The first kappa shape index (κ1) is 12.3. The van der Waals surface area contributed by atoms with E-state index in [1.54, 1.807) is 4.68 Å². The van der Waals surface area contributed by atoms with Gasteiger partial charge in [0.1, 0.15) is 0 Å². The summed E-state index contributed by atoms with van der Waals surface area (Å²) in [6.07, 6.45) is 8.26. The number of rotatable bonds is 5. The zero-order chi connectivity index (χ0) is 12.3. The van der Waals surface area contributed by atoms with Gasteiger partial charge in [-0.3, -0.25) is 9.48 Å². The van der Waals surface area contributed by atoms with Gasteiger partial charge in [0.25, 0.3) is 0 Å². The zero-order valence-corrected chi connectivity index (χ0v) is 10.7. The van der Waals surface area contributed by atoms with Crippen molar-refractivity contribution in [2.24, 2.45) is 7.05 Å². The Hall–Kier alpha value is -1.16. The van der Waals surface area contributed by atoms with Crippen molar-refractivity contribution in [1.82, 2.24) is 15.1 Å². The van der Waals surface area contributed by atoms with Gasteiger partial charge in [-0.25, -0.2) is 0 Å². The predicted molar refractivity (Wildman–Crippen MR) is 66.8 cm³/mol. The third-order valence-corrected chi connectivity index (χ3v) is 3.78. The van der Waals surface area contributed by atoms with Crippen molar-refractivity contribution in [3.05, 3.63) is 18.0 Å². The van der Waals surface area contributed by atoms with Gasteiger partial charge in [0.05, 0.1) is 11.7 Å². The van der Waals surface area contributed by atoms with Crippen molar-refractivity contribution in [3.63, 3.8) is 0 Å². The molecule has 0 aliphatic carbocycles. The number of nitrogens with zero attached hydrogens (tertiary/aromatic N) is 2. The zero-order valence-electron chi connectivity index (χ0n) is 10.7. The van der Waals surface area contributed by atoms with Crippen molar-refractivity contribution in [2.75, 3.05) is 6.54 Å². The fraction of sp³-hybridized carbons (Fsp3) is 0.692. The maximum absolute atomic E-state index is 12.3. The maximum atomic E-state index is 12.3. The lowest BCUT2D eigenvalue weighted by molar-refractivity contribution is -0.125. The Kier molecular flexibility index (Phi) is 3.62. The molecular formula is C13H21N3O. The Morgan fingerprint density at radius 3 is 3.00 bits per heavy atom. The molecule has 1 fully saturated rings. The summed E-state index contributed by atoms with van der Waals surface area (Å²) in [5.41, 5.74) is 0.910. The van der Waals surface area contributed by atoms with Gasteiger partial charge in [0, 0.05) is 19.7 Å². The highest BCUT2D eigenvalue weighted by atomic mass is 16.1. The number of ketones is 1. The molecule has 1 aliphatic rings. The number of Topliss-reactive ketones (excluding diaryl/α,β-unsaturated/α-hetero) is 1. The summed E-state index contributed by atoms with van der Waals surface area (Å²) in [6, 6.07) is 0. The Bertz CT molecular complexity index is 391. The third kappa shape index (κ3) is 2.57. The molecule has 1 atom stereocenters. The molecule has 4 heteroatoms. The molecule has 0 radical (unpaired) electrons. The number of aromatic nitrogens is 2. The molecule has 1 N–H and O–H groups in total. The number of nitrogens with one attached hydrogen (secondary N) is 1. The number of hydrogen-bond acceptors (Lipinski definition) is 3. The van der Waals surface area contributed by atoms with Crippen LogP contribution in [0.3, 0.4) is 0 Å². The van der Waals surface area contributed by atoms with Crippen LogP contribution < -0.4 is 5.32 Å². The van der Waals surface area contributed by atoms with Gasteiger partial charge >= 0.3 is 0 Å². The predicted octanol–water partition coefficient (Wildman–Crippen LogP) is 1.45. The fourth-order valence-electron chi connectivity index (χ4n) is 2.64. The minimum atomic E-state index is -0.234. The highest BCUT2D eigenvalue weighted by Gasteiger charge is 2.37. The molecule has 4 nitrogen and oxygen atoms in total. The van der Waals surface area contributed by atoms with E-state index in [4.69, 9.17) is 0 Å². The summed E-state index contributed by atoms with van der Waals surface area (Å²) < 4.78 is 1.78. The smallest absolute Gasteiger partial charge is 0.153 e. The first-order valence-electron chi connectivity index (χ1n) is 6.42. The second-order valence-electron chi connectivity index (χ2n) is 4.91. The summed E-state index contributed by atoms with van der Waals surface area (Å²) in [5, 5.41) is 7.51. The lowest BCUT2D eigenvalue weighted by Gasteiger charge is -2.26. The van der Waals surface area contributed by atoms with Gasteiger partial charge in [-0.15, -0.1) is 0 Å². The van der Waals surface area contributed by atoms with Crippen LogP contribution in [-0.2, 0) is 18.3 Å². The standard InChI is InChI=1S/C13H21N3O/c1-3-13(7-4-8-14-13)12(17)6-5-11-9-15-16(2)10-11/h9-10,14H,3-8H2,1-2H3. The topological polar surface area (TPSA) is 46.9 Å². The van der Waals surface area contributed by atoms with E-state index in [0.717, 1.165) is 37.8 Å². The first-order valence-corrected chi connectivity index (χ1v) is 6.42. The molecule has 2 heterocycles. The van der Waals surface area contributed by atoms with Crippen LogP contribution in [0, 0.1) is 0 Å². The van der Waals surface area contributed by atoms with E-state index in [2.05, 4.69) is 17.3 Å². The molecule has 1 aromatic rings. The van der Waals surface area contributed by atoms with E-state index in [1.807, 2.05) is 19.4 Å². The number of aryl methyl sites for hydroxylation is 2. The molecule has 94 valence electrons. The van der Waals surface area contributed by atoms with Crippen LogP contribution in [0.25, 0.3) is 0 Å². The van der Waals surface area contributed by atoms with E-state index < -0.39 is 0 Å². The molecule has 0 bridgehead atoms. The van der Waals surface area contributed by atoms with Crippen LogP contribution in [0.15, 0.2) is 12.4 Å². The van der Waals surface area contributed by atoms with Gasteiger partial charge in [-0.1, -0.05) is 6.92 Å². The van der Waals surface area contributed by atoms with Crippen molar-refractivity contribution in [3.8, 4) is 0 Å². The maximum Gasteiger partial charge on any atom is 0.153 e. The van der Waals surface area contributed by atoms with Crippen LogP contribution in [-0.4, -0.2) is 27.6 Å². The van der Waals surface area contributed by atoms with Crippen LogP contribution in [0.4, 0.5) is 0 Å². The summed E-state index contributed by atoms with van der Waals surface area (Å²) in [7, 11) is 1.90. The third-order valence-electron chi connectivity index (χ3n) is 3.78. The molecule has 17 heavy (non-hydrogen) atoms. The van der Waals surface area contributed by atoms with E-state index in [1.165, 1.54) is 0 Å². The molecule has 1 aromatic heterocycles. The normalized spacial score (nSPS) is 24.1. The molecule has 2 rings (SSSR count). The molecule has 0 amide bonds. The lowest BCUT2D eigenvalue weighted by atomic mass is 9.86. The summed E-state index contributed by atoms with van der Waals surface area (Å²) in [4.78, 5) is 12.3. The average Bonchev–Trinajstić information content (AvgIpc) is 2.95. The van der Waals surface area contributed by atoms with Gasteiger partial charge in [0.2, 0.25) is 0 Å².